The quantitative estimate of drug-likeness (QED) is 0.168. The fraction of sp³-hybridized carbons (Fsp3) is 0.0800. The standard InChI is InChI=1S/C50H36F3N3/c1-31-16-21-35(22-17-31)54(44-13-7-4-10-33(44)3)38-26-27-39-42-28-34-20-25-37(29-41(34)48-40-11-5-8-14-45(40)56(49(42)48)47(39)30-38)55(36-23-18-32(2)19-24-36)46-15-9-6-12-43(46)50(51,52)53/h4-30H,1-3H3. The molecule has 0 unspecified atom stereocenters. The number of hydrogen-bond donors (Lipinski definition) is 0. The van der Waals surface area contributed by atoms with Gasteiger partial charge in [-0.2, -0.15) is 13.2 Å². The van der Waals surface area contributed by atoms with Gasteiger partial charge in [0.2, 0.25) is 0 Å². The van der Waals surface area contributed by atoms with Crippen LogP contribution in [0.15, 0.2) is 164 Å². The smallest absolute Gasteiger partial charge is 0.310 e. The summed E-state index contributed by atoms with van der Waals surface area (Å²) >= 11 is 0. The molecule has 0 fully saturated rings. The van der Waals surface area contributed by atoms with Crippen molar-refractivity contribution in [2.75, 3.05) is 9.80 Å². The molecule has 8 aromatic carbocycles. The Morgan fingerprint density at radius 3 is 1.71 bits per heavy atom. The summed E-state index contributed by atoms with van der Waals surface area (Å²) in [5.74, 6) is 0. The van der Waals surface area contributed by atoms with Crippen LogP contribution in [0.25, 0.3) is 48.9 Å². The first-order valence-electron chi connectivity index (χ1n) is 18.8. The van der Waals surface area contributed by atoms with E-state index in [1.54, 1.807) is 17.0 Å². The molecule has 0 aliphatic carbocycles. The van der Waals surface area contributed by atoms with Gasteiger partial charge in [0, 0.05) is 50.0 Å². The molecule has 0 atom stereocenters. The van der Waals surface area contributed by atoms with Crippen LogP contribution < -0.4 is 9.80 Å². The van der Waals surface area contributed by atoms with Gasteiger partial charge in [0.15, 0.2) is 0 Å². The summed E-state index contributed by atoms with van der Waals surface area (Å²) in [5, 5.41) is 6.44. The van der Waals surface area contributed by atoms with E-state index in [4.69, 9.17) is 0 Å². The molecule has 0 bridgehead atoms. The van der Waals surface area contributed by atoms with Gasteiger partial charge >= 0.3 is 6.18 Å². The first kappa shape index (κ1) is 33.8. The highest BCUT2D eigenvalue weighted by Gasteiger charge is 2.35. The Kier molecular flexibility index (Phi) is 7.62. The van der Waals surface area contributed by atoms with Gasteiger partial charge < -0.3 is 14.2 Å². The van der Waals surface area contributed by atoms with Crippen LogP contribution in [0.4, 0.5) is 47.3 Å². The Labute approximate surface area is 322 Å². The number of hydrogen-bond acceptors (Lipinski definition) is 2. The Bertz CT molecular complexity index is 3100. The van der Waals surface area contributed by atoms with Gasteiger partial charge in [-0.3, -0.25) is 0 Å². The van der Waals surface area contributed by atoms with Gasteiger partial charge in [-0.25, -0.2) is 0 Å². The number of nitrogens with zero attached hydrogens (tertiary/aromatic N) is 3. The fourth-order valence-electron chi connectivity index (χ4n) is 8.51. The maximum atomic E-state index is 14.6. The summed E-state index contributed by atoms with van der Waals surface area (Å²) in [6.07, 6.45) is -4.54. The van der Waals surface area contributed by atoms with Crippen molar-refractivity contribution in [3.63, 3.8) is 0 Å². The number of benzene rings is 8. The molecule has 272 valence electrons. The molecule has 6 heteroatoms. The predicted molar refractivity (Wildman–Crippen MR) is 227 cm³/mol. The number of rotatable bonds is 6. The van der Waals surface area contributed by atoms with Crippen molar-refractivity contribution in [3.8, 4) is 0 Å². The van der Waals surface area contributed by atoms with Crippen molar-refractivity contribution in [2.24, 2.45) is 0 Å². The normalized spacial score (nSPS) is 12.1. The lowest BCUT2D eigenvalue weighted by molar-refractivity contribution is -0.137. The summed E-state index contributed by atoms with van der Waals surface area (Å²) in [4.78, 5) is 4.05. The highest BCUT2D eigenvalue weighted by Crippen LogP contribution is 2.48. The Morgan fingerprint density at radius 2 is 1.02 bits per heavy atom. The molecule has 0 saturated heterocycles. The van der Waals surface area contributed by atoms with Crippen LogP contribution in [0.5, 0.6) is 0 Å². The number of anilines is 6. The lowest BCUT2D eigenvalue weighted by atomic mass is 9.98. The molecule has 0 aliphatic heterocycles. The second-order valence-electron chi connectivity index (χ2n) is 14.8. The number of para-hydroxylation sites is 3. The van der Waals surface area contributed by atoms with E-state index in [0.29, 0.717) is 11.4 Å². The average molecular weight is 736 g/mol. The van der Waals surface area contributed by atoms with Gasteiger partial charge in [-0.05, 0) is 116 Å². The molecule has 2 heterocycles. The summed E-state index contributed by atoms with van der Waals surface area (Å²) in [7, 11) is 0. The molecular weight excluding hydrogens is 700 g/mol. The van der Waals surface area contributed by atoms with Gasteiger partial charge in [-0.1, -0.05) is 96.1 Å². The van der Waals surface area contributed by atoms with Crippen LogP contribution in [-0.4, -0.2) is 4.40 Å². The van der Waals surface area contributed by atoms with E-state index in [-0.39, 0.29) is 5.69 Å². The first-order chi connectivity index (χ1) is 27.2. The number of aryl methyl sites for hydroxylation is 3. The van der Waals surface area contributed by atoms with E-state index in [2.05, 4.69) is 126 Å². The van der Waals surface area contributed by atoms with Crippen LogP contribution in [0.3, 0.4) is 0 Å². The van der Waals surface area contributed by atoms with Crippen LogP contribution >= 0.6 is 0 Å². The van der Waals surface area contributed by atoms with Crippen molar-refractivity contribution >= 4 is 83.0 Å². The molecule has 0 aliphatic rings. The van der Waals surface area contributed by atoms with Crippen LogP contribution in [0.2, 0.25) is 0 Å². The van der Waals surface area contributed by atoms with Gasteiger partial charge in [0.25, 0.3) is 0 Å². The largest absolute Gasteiger partial charge is 0.418 e. The summed E-state index contributed by atoms with van der Waals surface area (Å²) in [6, 6.07) is 54.0. The zero-order chi connectivity index (χ0) is 38.3. The minimum Gasteiger partial charge on any atom is -0.310 e. The van der Waals surface area contributed by atoms with E-state index in [1.165, 1.54) is 17.2 Å². The molecule has 2 aromatic heterocycles. The zero-order valence-corrected chi connectivity index (χ0v) is 31.1. The molecule has 10 aromatic rings. The molecule has 56 heavy (non-hydrogen) atoms. The van der Waals surface area contributed by atoms with Crippen LogP contribution in [0.1, 0.15) is 22.3 Å². The van der Waals surface area contributed by atoms with E-state index >= 15 is 0 Å². The third-order valence-corrected chi connectivity index (χ3v) is 11.2. The lowest BCUT2D eigenvalue weighted by Crippen LogP contribution is -2.16. The summed E-state index contributed by atoms with van der Waals surface area (Å²) < 4.78 is 46.2. The summed E-state index contributed by atoms with van der Waals surface area (Å²) in [6.45, 7) is 6.22. The number of alkyl halides is 3. The predicted octanol–water partition coefficient (Wildman–Crippen LogP) is 14.9. The third-order valence-electron chi connectivity index (χ3n) is 11.2. The summed E-state index contributed by atoms with van der Waals surface area (Å²) in [5.41, 5.74) is 10.6. The van der Waals surface area contributed by atoms with Gasteiger partial charge in [0.05, 0.1) is 27.8 Å². The topological polar surface area (TPSA) is 10.9 Å². The van der Waals surface area contributed by atoms with E-state index < -0.39 is 11.7 Å². The molecule has 0 saturated carbocycles. The monoisotopic (exact) mass is 735 g/mol. The maximum absolute atomic E-state index is 14.6. The molecule has 3 nitrogen and oxygen atoms in total. The number of halogens is 3. The van der Waals surface area contributed by atoms with Crippen LogP contribution in [0, 0.1) is 20.8 Å². The van der Waals surface area contributed by atoms with Crippen molar-refractivity contribution in [1.82, 2.24) is 4.40 Å². The minimum atomic E-state index is -4.54. The molecule has 0 spiro atoms. The second-order valence-corrected chi connectivity index (χ2v) is 14.8. The van der Waals surface area contributed by atoms with Gasteiger partial charge in [-0.15, -0.1) is 0 Å². The molecule has 0 N–H and O–H groups in total. The Morgan fingerprint density at radius 1 is 0.446 bits per heavy atom. The lowest BCUT2D eigenvalue weighted by Gasteiger charge is -2.28. The van der Waals surface area contributed by atoms with Gasteiger partial charge in [0.1, 0.15) is 0 Å². The zero-order valence-electron chi connectivity index (χ0n) is 31.1. The highest BCUT2D eigenvalue weighted by atomic mass is 19.4. The van der Waals surface area contributed by atoms with E-state index in [9.17, 15) is 13.2 Å². The van der Waals surface area contributed by atoms with Crippen molar-refractivity contribution in [1.29, 1.82) is 0 Å². The van der Waals surface area contributed by atoms with Crippen molar-refractivity contribution in [2.45, 2.75) is 26.9 Å². The third kappa shape index (κ3) is 5.28. The highest BCUT2D eigenvalue weighted by molar-refractivity contribution is 6.31. The van der Waals surface area contributed by atoms with E-state index in [1.807, 2.05) is 43.3 Å². The second kappa shape index (κ2) is 12.6. The molecular formula is C50H36F3N3. The van der Waals surface area contributed by atoms with Crippen LogP contribution in [-0.2, 0) is 6.18 Å². The Balaban J connectivity index is 1.25. The fourth-order valence-corrected chi connectivity index (χ4v) is 8.51. The van der Waals surface area contributed by atoms with Crippen molar-refractivity contribution < 1.29 is 13.2 Å². The molecule has 0 radical (unpaired) electrons. The average Bonchev–Trinajstić information content (AvgIpc) is 3.72. The Hall–Kier alpha value is -6.79. The SMILES string of the molecule is Cc1ccc(N(c2ccc3c4cc5ccc(N(c6ccc(C)cc6)c6ccccc6C(F)(F)F)cc5c5c6ccccc6n(c3c2)c45)c2ccccc2C)cc1. The number of aromatic nitrogens is 1. The molecule has 0 amide bonds. The number of fused-ring (bicyclic) bond motifs is 8. The molecule has 10 rings (SSSR count). The van der Waals surface area contributed by atoms with Crippen molar-refractivity contribution in [3.05, 3.63) is 186 Å². The first-order valence-corrected chi connectivity index (χ1v) is 18.8. The van der Waals surface area contributed by atoms with E-state index in [0.717, 1.165) is 77.6 Å². The maximum Gasteiger partial charge on any atom is 0.418 e. The minimum absolute atomic E-state index is 0.0783.